The van der Waals surface area contributed by atoms with E-state index >= 15 is 0 Å². The quantitative estimate of drug-likeness (QED) is 0.940. The first-order valence-electron chi connectivity index (χ1n) is 8.05. The van der Waals surface area contributed by atoms with E-state index in [4.69, 9.17) is 4.98 Å². The summed E-state index contributed by atoms with van der Waals surface area (Å²) in [4.78, 5) is 9.52. The number of likely N-dealkylation sites (tertiary alicyclic amines) is 1. The minimum Gasteiger partial charge on any atom is -0.368 e. The number of rotatable bonds is 4. The Bertz CT molecular complexity index is 630. The van der Waals surface area contributed by atoms with Gasteiger partial charge in [0, 0.05) is 17.5 Å². The highest BCUT2D eigenvalue weighted by Gasteiger charge is 2.35. The van der Waals surface area contributed by atoms with Crippen LogP contribution in [0, 0.1) is 0 Å². The summed E-state index contributed by atoms with van der Waals surface area (Å²) >= 11 is 0. The molecule has 22 heavy (non-hydrogen) atoms. The smallest absolute Gasteiger partial charge is 0.126 e. The van der Waals surface area contributed by atoms with E-state index in [9.17, 15) is 0 Å². The molecule has 2 aromatic rings. The number of nitrogens with one attached hydrogen (secondary N) is 1. The number of hydrogen-bond donors (Lipinski definition) is 1. The van der Waals surface area contributed by atoms with Gasteiger partial charge in [-0.15, -0.1) is 0 Å². The maximum atomic E-state index is 4.72. The van der Waals surface area contributed by atoms with Gasteiger partial charge in [-0.05, 0) is 65.3 Å². The number of likely N-dealkylation sites (N-methyl/N-ethyl adjacent to an activating group) is 1. The van der Waals surface area contributed by atoms with Crippen LogP contribution in [-0.2, 0) is 0 Å². The van der Waals surface area contributed by atoms with Crippen LogP contribution in [0.4, 0.5) is 5.82 Å². The predicted octanol–water partition coefficient (Wildman–Crippen LogP) is 2.67. The van der Waals surface area contributed by atoms with Crippen LogP contribution in [0.2, 0.25) is 0 Å². The van der Waals surface area contributed by atoms with Crippen molar-refractivity contribution in [1.82, 2.24) is 14.8 Å². The van der Waals surface area contributed by atoms with Crippen molar-refractivity contribution in [1.29, 1.82) is 0 Å². The molecule has 118 valence electrons. The van der Waals surface area contributed by atoms with E-state index in [1.165, 1.54) is 18.2 Å². The van der Waals surface area contributed by atoms with Crippen molar-refractivity contribution in [3.63, 3.8) is 0 Å². The highest BCUT2D eigenvalue weighted by molar-refractivity contribution is 5.80. The van der Waals surface area contributed by atoms with Gasteiger partial charge in [0.25, 0.3) is 0 Å². The molecule has 0 saturated carbocycles. The Labute approximate surface area is 133 Å². The lowest BCUT2D eigenvalue weighted by atomic mass is 9.86. The number of benzene rings is 1. The Morgan fingerprint density at radius 2 is 1.86 bits per heavy atom. The molecule has 4 nitrogen and oxygen atoms in total. The largest absolute Gasteiger partial charge is 0.368 e. The zero-order valence-corrected chi connectivity index (χ0v) is 13.8. The minimum absolute atomic E-state index is 0.222. The first-order valence-corrected chi connectivity index (χ1v) is 8.05. The van der Waals surface area contributed by atoms with Gasteiger partial charge in [-0.25, -0.2) is 4.98 Å². The van der Waals surface area contributed by atoms with Gasteiger partial charge in [0.05, 0.1) is 5.52 Å². The standard InChI is InChI=1S/C18H26N4/c1-21(2)18(10-12-22(3)13-11-18)14-19-17-9-8-15-6-4-5-7-16(15)20-17/h4-9H,10-14H2,1-3H3,(H,19,20). The van der Waals surface area contributed by atoms with E-state index in [0.717, 1.165) is 31.0 Å². The van der Waals surface area contributed by atoms with Gasteiger partial charge in [0.1, 0.15) is 5.82 Å². The second-order valence-electron chi connectivity index (χ2n) is 6.66. The molecule has 1 aliphatic heterocycles. The second-order valence-corrected chi connectivity index (χ2v) is 6.66. The number of nitrogens with zero attached hydrogens (tertiary/aromatic N) is 3. The molecule has 0 bridgehead atoms. The first-order chi connectivity index (χ1) is 10.6. The zero-order valence-electron chi connectivity index (χ0n) is 13.8. The summed E-state index contributed by atoms with van der Waals surface area (Å²) in [7, 11) is 6.60. The summed E-state index contributed by atoms with van der Waals surface area (Å²) in [6.07, 6.45) is 2.38. The van der Waals surface area contributed by atoms with E-state index in [-0.39, 0.29) is 5.54 Å². The van der Waals surface area contributed by atoms with Crippen molar-refractivity contribution in [2.75, 3.05) is 46.1 Å². The third-order valence-corrected chi connectivity index (χ3v) is 5.06. The van der Waals surface area contributed by atoms with Gasteiger partial charge >= 0.3 is 0 Å². The molecule has 0 amide bonds. The third kappa shape index (κ3) is 3.08. The van der Waals surface area contributed by atoms with Crippen molar-refractivity contribution in [2.45, 2.75) is 18.4 Å². The SMILES string of the molecule is CN1CCC(CNc2ccc3ccccc3n2)(N(C)C)CC1. The highest BCUT2D eigenvalue weighted by Crippen LogP contribution is 2.27. The van der Waals surface area contributed by atoms with Crippen LogP contribution >= 0.6 is 0 Å². The van der Waals surface area contributed by atoms with Crippen molar-refractivity contribution in [2.24, 2.45) is 0 Å². The number of para-hydroxylation sites is 1. The van der Waals surface area contributed by atoms with E-state index in [1.807, 2.05) is 6.07 Å². The molecule has 1 aromatic heterocycles. The topological polar surface area (TPSA) is 31.4 Å². The normalized spacial score (nSPS) is 18.7. The van der Waals surface area contributed by atoms with Gasteiger partial charge in [-0.1, -0.05) is 18.2 Å². The Morgan fingerprint density at radius 1 is 1.14 bits per heavy atom. The van der Waals surface area contributed by atoms with E-state index in [1.54, 1.807) is 0 Å². The molecule has 2 heterocycles. The predicted molar refractivity (Wildman–Crippen MR) is 93.4 cm³/mol. The second kappa shape index (κ2) is 6.23. The molecule has 0 unspecified atom stereocenters. The fourth-order valence-corrected chi connectivity index (χ4v) is 3.24. The number of piperidine rings is 1. The van der Waals surface area contributed by atoms with Crippen LogP contribution in [0.15, 0.2) is 36.4 Å². The molecule has 1 saturated heterocycles. The van der Waals surface area contributed by atoms with Gasteiger partial charge in [-0.2, -0.15) is 0 Å². The lowest BCUT2D eigenvalue weighted by molar-refractivity contribution is 0.0773. The number of anilines is 1. The average molecular weight is 298 g/mol. The third-order valence-electron chi connectivity index (χ3n) is 5.06. The molecule has 3 rings (SSSR count). The number of hydrogen-bond acceptors (Lipinski definition) is 4. The number of pyridine rings is 1. The summed E-state index contributed by atoms with van der Waals surface area (Å²) in [6, 6.07) is 12.5. The summed E-state index contributed by atoms with van der Waals surface area (Å²) in [5, 5.41) is 4.76. The minimum atomic E-state index is 0.222. The fourth-order valence-electron chi connectivity index (χ4n) is 3.24. The summed E-state index contributed by atoms with van der Waals surface area (Å²) in [6.45, 7) is 3.26. The Morgan fingerprint density at radius 3 is 2.59 bits per heavy atom. The molecule has 1 N–H and O–H groups in total. The Hall–Kier alpha value is -1.65. The molecule has 0 aliphatic carbocycles. The van der Waals surface area contributed by atoms with Crippen LogP contribution in [0.25, 0.3) is 10.9 Å². The van der Waals surface area contributed by atoms with E-state index < -0.39 is 0 Å². The molecule has 0 spiro atoms. The summed E-state index contributed by atoms with van der Waals surface area (Å²) < 4.78 is 0. The van der Waals surface area contributed by atoms with E-state index in [2.05, 4.69) is 66.6 Å². The first kappa shape index (κ1) is 15.3. The maximum absolute atomic E-state index is 4.72. The lowest BCUT2D eigenvalue weighted by Gasteiger charge is -2.45. The van der Waals surface area contributed by atoms with Crippen LogP contribution in [0.1, 0.15) is 12.8 Å². The average Bonchev–Trinajstić information content (AvgIpc) is 2.54. The molecule has 1 fully saturated rings. The maximum Gasteiger partial charge on any atom is 0.126 e. The fraction of sp³-hybridized carbons (Fsp3) is 0.500. The summed E-state index contributed by atoms with van der Waals surface area (Å²) in [5.41, 5.74) is 1.27. The molecule has 4 heteroatoms. The monoisotopic (exact) mass is 298 g/mol. The van der Waals surface area contributed by atoms with Gasteiger partial charge in [0.2, 0.25) is 0 Å². The van der Waals surface area contributed by atoms with Crippen LogP contribution < -0.4 is 5.32 Å². The van der Waals surface area contributed by atoms with E-state index in [0.29, 0.717) is 0 Å². The number of aromatic nitrogens is 1. The van der Waals surface area contributed by atoms with Crippen molar-refractivity contribution in [3.8, 4) is 0 Å². The highest BCUT2D eigenvalue weighted by atomic mass is 15.2. The molecule has 0 atom stereocenters. The van der Waals surface area contributed by atoms with Crippen LogP contribution in [0.5, 0.6) is 0 Å². The molecule has 1 aromatic carbocycles. The van der Waals surface area contributed by atoms with Crippen molar-refractivity contribution in [3.05, 3.63) is 36.4 Å². The Kier molecular flexibility index (Phi) is 4.32. The molecule has 0 radical (unpaired) electrons. The molecular weight excluding hydrogens is 272 g/mol. The molecular formula is C18H26N4. The van der Waals surface area contributed by atoms with Gasteiger partial charge in [0.15, 0.2) is 0 Å². The van der Waals surface area contributed by atoms with Crippen molar-refractivity contribution < 1.29 is 0 Å². The Balaban J connectivity index is 1.73. The van der Waals surface area contributed by atoms with Crippen LogP contribution in [-0.4, -0.2) is 61.1 Å². The van der Waals surface area contributed by atoms with Crippen LogP contribution in [0.3, 0.4) is 0 Å². The van der Waals surface area contributed by atoms with Crippen molar-refractivity contribution >= 4 is 16.7 Å². The zero-order chi connectivity index (χ0) is 15.6. The summed E-state index contributed by atoms with van der Waals surface area (Å²) in [5.74, 6) is 0.971. The molecule has 1 aliphatic rings. The lowest BCUT2D eigenvalue weighted by Crippen LogP contribution is -2.55. The van der Waals surface area contributed by atoms with Gasteiger partial charge < -0.3 is 15.1 Å². The van der Waals surface area contributed by atoms with Gasteiger partial charge in [-0.3, -0.25) is 0 Å². The number of fused-ring (bicyclic) bond motifs is 1.